The average molecular weight is 207 g/mol. The molecule has 4 nitrogen and oxygen atoms in total. The Kier molecular flexibility index (Phi) is 4.77. The van der Waals surface area contributed by atoms with Crippen LogP contribution < -0.4 is 10.1 Å². The number of rotatable bonds is 6. The fourth-order valence-electron chi connectivity index (χ4n) is 1.02. The van der Waals surface area contributed by atoms with Crippen LogP contribution >= 0.6 is 0 Å². The van der Waals surface area contributed by atoms with Gasteiger partial charge in [-0.3, -0.25) is 4.98 Å². The molecular weight excluding hydrogens is 190 g/mol. The van der Waals surface area contributed by atoms with E-state index in [1.165, 1.54) is 0 Å². The first-order valence-corrected chi connectivity index (χ1v) is 4.95. The summed E-state index contributed by atoms with van der Waals surface area (Å²) in [5.41, 5.74) is 2.01. The lowest BCUT2D eigenvalue weighted by Crippen LogP contribution is -2.08. The zero-order valence-corrected chi connectivity index (χ0v) is 9.29. The number of hydrogen-bond acceptors (Lipinski definition) is 4. The van der Waals surface area contributed by atoms with Gasteiger partial charge in [0.25, 0.3) is 0 Å². The van der Waals surface area contributed by atoms with Crippen molar-refractivity contribution < 1.29 is 4.74 Å². The highest BCUT2D eigenvalue weighted by Crippen LogP contribution is 2.05. The third kappa shape index (κ3) is 4.56. The van der Waals surface area contributed by atoms with Gasteiger partial charge in [0, 0.05) is 13.0 Å². The predicted molar refractivity (Wildman–Crippen MR) is 59.7 cm³/mol. The molecule has 1 aromatic rings. The molecule has 1 heterocycles. The summed E-state index contributed by atoms with van der Waals surface area (Å²) < 4.78 is 5.40. The van der Waals surface area contributed by atoms with E-state index in [-0.39, 0.29) is 0 Å². The molecule has 82 valence electrons. The Morgan fingerprint density at radius 2 is 2.27 bits per heavy atom. The molecule has 0 bridgehead atoms. The minimum atomic E-state index is 0.566. The van der Waals surface area contributed by atoms with Gasteiger partial charge in [-0.25, -0.2) is 4.98 Å². The predicted octanol–water partition coefficient (Wildman–Crippen LogP) is 1.54. The first-order valence-electron chi connectivity index (χ1n) is 4.95. The number of aromatic nitrogens is 2. The van der Waals surface area contributed by atoms with Gasteiger partial charge in [-0.05, 0) is 14.0 Å². The molecule has 0 spiro atoms. The molecule has 0 aromatic carbocycles. The largest absolute Gasteiger partial charge is 0.476 e. The third-order valence-corrected chi connectivity index (χ3v) is 1.82. The Hall–Kier alpha value is -1.42. The van der Waals surface area contributed by atoms with E-state index in [2.05, 4.69) is 21.9 Å². The van der Waals surface area contributed by atoms with Crippen LogP contribution in [0, 0.1) is 0 Å². The van der Waals surface area contributed by atoms with Crippen molar-refractivity contribution >= 4 is 0 Å². The third-order valence-electron chi connectivity index (χ3n) is 1.82. The molecule has 0 saturated carbocycles. The summed E-state index contributed by atoms with van der Waals surface area (Å²) >= 11 is 0. The van der Waals surface area contributed by atoms with Crippen LogP contribution in [0.5, 0.6) is 5.88 Å². The molecule has 0 radical (unpaired) electrons. The van der Waals surface area contributed by atoms with E-state index in [0.717, 1.165) is 24.2 Å². The van der Waals surface area contributed by atoms with Crippen LogP contribution in [-0.2, 0) is 6.54 Å². The standard InChI is InChI=1S/C11H17N3O/c1-9(2)4-5-15-11-8-13-10(6-12-3)7-14-11/h7-8,12H,1,4-6H2,2-3H3. The van der Waals surface area contributed by atoms with Crippen LogP contribution in [-0.4, -0.2) is 23.6 Å². The summed E-state index contributed by atoms with van der Waals surface area (Å²) in [6.45, 7) is 7.11. The molecule has 0 amide bonds. The van der Waals surface area contributed by atoms with Crippen molar-refractivity contribution in [2.24, 2.45) is 0 Å². The van der Waals surface area contributed by atoms with E-state index in [1.807, 2.05) is 14.0 Å². The van der Waals surface area contributed by atoms with E-state index in [0.29, 0.717) is 12.5 Å². The highest BCUT2D eigenvalue weighted by molar-refractivity contribution is 5.07. The first-order chi connectivity index (χ1) is 7.22. The molecule has 1 rings (SSSR count). The highest BCUT2D eigenvalue weighted by atomic mass is 16.5. The average Bonchev–Trinajstić information content (AvgIpc) is 2.20. The summed E-state index contributed by atoms with van der Waals surface area (Å²) in [7, 11) is 1.87. The number of nitrogens with zero attached hydrogens (tertiary/aromatic N) is 2. The van der Waals surface area contributed by atoms with Gasteiger partial charge in [0.05, 0.1) is 24.7 Å². The normalized spacial score (nSPS) is 10.0. The SMILES string of the molecule is C=C(C)CCOc1cnc(CNC)cn1. The van der Waals surface area contributed by atoms with E-state index >= 15 is 0 Å². The van der Waals surface area contributed by atoms with Gasteiger partial charge in [0.15, 0.2) is 0 Å². The molecule has 0 aliphatic carbocycles. The Bertz CT molecular complexity index is 308. The van der Waals surface area contributed by atoms with E-state index in [4.69, 9.17) is 4.74 Å². The lowest BCUT2D eigenvalue weighted by atomic mass is 10.3. The van der Waals surface area contributed by atoms with Crippen LogP contribution in [0.2, 0.25) is 0 Å². The van der Waals surface area contributed by atoms with Crippen molar-refractivity contribution in [3.63, 3.8) is 0 Å². The molecule has 1 aromatic heterocycles. The molecule has 1 N–H and O–H groups in total. The van der Waals surface area contributed by atoms with Crippen molar-refractivity contribution in [3.8, 4) is 5.88 Å². The maximum Gasteiger partial charge on any atom is 0.232 e. The molecule has 4 heteroatoms. The van der Waals surface area contributed by atoms with Crippen molar-refractivity contribution in [2.45, 2.75) is 19.9 Å². The van der Waals surface area contributed by atoms with Crippen molar-refractivity contribution in [3.05, 3.63) is 30.2 Å². The fraction of sp³-hybridized carbons (Fsp3) is 0.455. The Labute approximate surface area is 90.4 Å². The topological polar surface area (TPSA) is 47.0 Å². The fourth-order valence-corrected chi connectivity index (χ4v) is 1.02. The van der Waals surface area contributed by atoms with Crippen LogP contribution in [0.15, 0.2) is 24.5 Å². The zero-order chi connectivity index (χ0) is 11.1. The van der Waals surface area contributed by atoms with Crippen LogP contribution in [0.4, 0.5) is 0 Å². The quantitative estimate of drug-likeness (QED) is 0.719. The first kappa shape index (κ1) is 11.7. The molecule has 0 aliphatic heterocycles. The number of nitrogens with one attached hydrogen (secondary N) is 1. The summed E-state index contributed by atoms with van der Waals surface area (Å²) in [6.07, 6.45) is 4.21. The molecule has 0 unspecified atom stereocenters. The van der Waals surface area contributed by atoms with Crippen molar-refractivity contribution in [1.29, 1.82) is 0 Å². The lowest BCUT2D eigenvalue weighted by molar-refractivity contribution is 0.307. The van der Waals surface area contributed by atoms with Gasteiger partial charge >= 0.3 is 0 Å². The van der Waals surface area contributed by atoms with E-state index in [1.54, 1.807) is 12.4 Å². The molecular formula is C11H17N3O. The Balaban J connectivity index is 2.39. The minimum absolute atomic E-state index is 0.566. The summed E-state index contributed by atoms with van der Waals surface area (Å²) in [5.74, 6) is 0.566. The summed E-state index contributed by atoms with van der Waals surface area (Å²) in [6, 6.07) is 0. The lowest BCUT2D eigenvalue weighted by Gasteiger charge is -2.05. The van der Waals surface area contributed by atoms with Gasteiger partial charge in [-0.15, -0.1) is 6.58 Å². The Morgan fingerprint density at radius 3 is 2.80 bits per heavy atom. The second-order valence-corrected chi connectivity index (χ2v) is 3.43. The van der Waals surface area contributed by atoms with Crippen LogP contribution in [0.25, 0.3) is 0 Å². The molecule has 0 atom stereocenters. The molecule has 0 fully saturated rings. The molecule has 0 saturated heterocycles. The molecule has 15 heavy (non-hydrogen) atoms. The summed E-state index contributed by atoms with van der Waals surface area (Å²) in [4.78, 5) is 8.33. The Morgan fingerprint density at radius 1 is 1.47 bits per heavy atom. The number of hydrogen-bond donors (Lipinski definition) is 1. The number of ether oxygens (including phenoxy) is 1. The van der Waals surface area contributed by atoms with Gasteiger partial charge in [0.1, 0.15) is 0 Å². The van der Waals surface area contributed by atoms with Gasteiger partial charge in [0.2, 0.25) is 5.88 Å². The smallest absolute Gasteiger partial charge is 0.232 e. The van der Waals surface area contributed by atoms with Gasteiger partial charge in [-0.1, -0.05) is 5.57 Å². The minimum Gasteiger partial charge on any atom is -0.476 e. The maximum absolute atomic E-state index is 5.40. The highest BCUT2D eigenvalue weighted by Gasteiger charge is 1.97. The molecule has 0 aliphatic rings. The van der Waals surface area contributed by atoms with Crippen LogP contribution in [0.1, 0.15) is 19.0 Å². The van der Waals surface area contributed by atoms with Gasteiger partial charge < -0.3 is 10.1 Å². The second-order valence-electron chi connectivity index (χ2n) is 3.43. The van der Waals surface area contributed by atoms with Crippen molar-refractivity contribution in [1.82, 2.24) is 15.3 Å². The van der Waals surface area contributed by atoms with Crippen LogP contribution in [0.3, 0.4) is 0 Å². The second kappa shape index (κ2) is 6.14. The van der Waals surface area contributed by atoms with Crippen molar-refractivity contribution in [2.75, 3.05) is 13.7 Å². The van der Waals surface area contributed by atoms with Gasteiger partial charge in [-0.2, -0.15) is 0 Å². The maximum atomic E-state index is 5.40. The monoisotopic (exact) mass is 207 g/mol. The zero-order valence-electron chi connectivity index (χ0n) is 9.29. The summed E-state index contributed by atoms with van der Waals surface area (Å²) in [5, 5.41) is 3.01. The van der Waals surface area contributed by atoms with E-state index < -0.39 is 0 Å². The van der Waals surface area contributed by atoms with E-state index in [9.17, 15) is 0 Å².